The molecule has 1 unspecified atom stereocenters. The second-order valence-corrected chi connectivity index (χ2v) is 7.30. The number of benzene rings is 1. The minimum Gasteiger partial charge on any atom is -0.445 e. The molecule has 1 heterocycles. The number of amides is 2. The van der Waals surface area contributed by atoms with Crippen LogP contribution >= 0.6 is 0 Å². The molecular weight excluding hydrogens is 320 g/mol. The Balaban J connectivity index is 1.75. The first-order valence-electron chi connectivity index (χ1n) is 8.78. The lowest BCUT2D eigenvalue weighted by molar-refractivity contribution is 0.0256. The van der Waals surface area contributed by atoms with Crippen LogP contribution in [0.1, 0.15) is 45.6 Å². The molecule has 2 amide bonds. The molecule has 138 valence electrons. The molecule has 1 saturated heterocycles. The second-order valence-electron chi connectivity index (χ2n) is 7.30. The van der Waals surface area contributed by atoms with E-state index in [9.17, 15) is 9.59 Å². The van der Waals surface area contributed by atoms with Gasteiger partial charge in [0.05, 0.1) is 0 Å². The molecule has 0 saturated carbocycles. The third-order valence-corrected chi connectivity index (χ3v) is 3.91. The zero-order valence-corrected chi connectivity index (χ0v) is 15.3. The van der Waals surface area contributed by atoms with E-state index in [1.165, 1.54) is 0 Å². The molecule has 0 aliphatic carbocycles. The van der Waals surface area contributed by atoms with Crippen LogP contribution in [0.25, 0.3) is 0 Å². The summed E-state index contributed by atoms with van der Waals surface area (Å²) >= 11 is 0. The van der Waals surface area contributed by atoms with Crippen LogP contribution in [0.4, 0.5) is 9.59 Å². The Kier molecular flexibility index (Phi) is 6.67. The van der Waals surface area contributed by atoms with Crippen molar-refractivity contribution in [1.82, 2.24) is 10.2 Å². The smallest absolute Gasteiger partial charge is 0.410 e. The molecule has 2 rings (SSSR count). The fraction of sp³-hybridized carbons (Fsp3) is 0.579. The molecule has 1 fully saturated rings. The summed E-state index contributed by atoms with van der Waals surface area (Å²) in [5, 5.41) is 2.90. The minimum atomic E-state index is -0.498. The quantitative estimate of drug-likeness (QED) is 0.904. The van der Waals surface area contributed by atoms with Crippen LogP contribution in [0.3, 0.4) is 0 Å². The molecule has 6 heteroatoms. The molecule has 1 atom stereocenters. The zero-order valence-electron chi connectivity index (χ0n) is 15.3. The fourth-order valence-electron chi connectivity index (χ4n) is 2.68. The highest BCUT2D eigenvalue weighted by Crippen LogP contribution is 2.15. The maximum atomic E-state index is 12.1. The summed E-state index contributed by atoms with van der Waals surface area (Å²) < 4.78 is 10.7. The molecule has 1 aliphatic rings. The van der Waals surface area contributed by atoms with Gasteiger partial charge in [-0.1, -0.05) is 30.3 Å². The first kappa shape index (κ1) is 19.1. The Labute approximate surface area is 149 Å². The van der Waals surface area contributed by atoms with Crippen molar-refractivity contribution in [2.24, 2.45) is 0 Å². The summed E-state index contributed by atoms with van der Waals surface area (Å²) in [7, 11) is 0. The molecule has 0 aromatic heterocycles. The lowest BCUT2D eigenvalue weighted by Gasteiger charge is -2.26. The van der Waals surface area contributed by atoms with E-state index in [0.29, 0.717) is 19.5 Å². The van der Waals surface area contributed by atoms with Gasteiger partial charge in [-0.25, -0.2) is 9.59 Å². The standard InChI is InChI=1S/C19H28N2O4/c1-19(2,3)25-18(23)21-12-7-10-16(11-13-21)20-17(22)24-14-15-8-5-4-6-9-15/h4-6,8-9,16H,7,10-14H2,1-3H3,(H,20,22). The highest BCUT2D eigenvalue weighted by molar-refractivity contribution is 5.68. The van der Waals surface area contributed by atoms with Gasteiger partial charge < -0.3 is 19.7 Å². The van der Waals surface area contributed by atoms with Gasteiger partial charge in [0, 0.05) is 19.1 Å². The third-order valence-electron chi connectivity index (χ3n) is 3.91. The van der Waals surface area contributed by atoms with Gasteiger partial charge in [-0.2, -0.15) is 0 Å². The summed E-state index contributed by atoms with van der Waals surface area (Å²) in [6.07, 6.45) is 1.63. The number of hydrogen-bond donors (Lipinski definition) is 1. The lowest BCUT2D eigenvalue weighted by Crippen LogP contribution is -2.39. The number of ether oxygens (including phenoxy) is 2. The first-order valence-corrected chi connectivity index (χ1v) is 8.78. The van der Waals surface area contributed by atoms with Gasteiger partial charge in [-0.3, -0.25) is 0 Å². The van der Waals surface area contributed by atoms with Crippen LogP contribution in [-0.2, 0) is 16.1 Å². The maximum Gasteiger partial charge on any atom is 0.410 e. The summed E-state index contributed by atoms with van der Waals surface area (Å²) in [5.41, 5.74) is 0.456. The van der Waals surface area contributed by atoms with Crippen LogP contribution in [0.15, 0.2) is 30.3 Å². The lowest BCUT2D eigenvalue weighted by atomic mass is 10.1. The van der Waals surface area contributed by atoms with Gasteiger partial charge in [-0.05, 0) is 45.6 Å². The molecule has 25 heavy (non-hydrogen) atoms. The SMILES string of the molecule is CC(C)(C)OC(=O)N1CCCC(NC(=O)OCc2ccccc2)CC1. The van der Waals surface area contributed by atoms with Crippen molar-refractivity contribution < 1.29 is 19.1 Å². The highest BCUT2D eigenvalue weighted by atomic mass is 16.6. The minimum absolute atomic E-state index is 0.00992. The van der Waals surface area contributed by atoms with Crippen molar-refractivity contribution >= 4 is 12.2 Å². The van der Waals surface area contributed by atoms with Crippen molar-refractivity contribution in [2.75, 3.05) is 13.1 Å². The van der Waals surface area contributed by atoms with E-state index in [0.717, 1.165) is 18.4 Å². The van der Waals surface area contributed by atoms with Gasteiger partial charge >= 0.3 is 12.2 Å². The average molecular weight is 348 g/mol. The van der Waals surface area contributed by atoms with Crippen molar-refractivity contribution in [1.29, 1.82) is 0 Å². The molecule has 0 spiro atoms. The van der Waals surface area contributed by atoms with Crippen LogP contribution < -0.4 is 5.32 Å². The van der Waals surface area contributed by atoms with E-state index < -0.39 is 11.7 Å². The second kappa shape index (κ2) is 8.74. The number of carbonyl (C=O) groups is 2. The van der Waals surface area contributed by atoms with E-state index in [4.69, 9.17) is 9.47 Å². The summed E-state index contributed by atoms with van der Waals surface area (Å²) in [6.45, 7) is 7.04. The Hall–Kier alpha value is -2.24. The van der Waals surface area contributed by atoms with Crippen LogP contribution in [0, 0.1) is 0 Å². The van der Waals surface area contributed by atoms with E-state index in [-0.39, 0.29) is 18.7 Å². The molecule has 0 radical (unpaired) electrons. The predicted molar refractivity (Wildman–Crippen MR) is 95.2 cm³/mol. The van der Waals surface area contributed by atoms with Gasteiger partial charge in [-0.15, -0.1) is 0 Å². The summed E-state index contributed by atoms with van der Waals surface area (Å²) in [6, 6.07) is 9.58. The number of alkyl carbamates (subject to hydrolysis) is 1. The average Bonchev–Trinajstić information content (AvgIpc) is 2.78. The van der Waals surface area contributed by atoms with Crippen LogP contribution in [0.2, 0.25) is 0 Å². The Morgan fingerprint density at radius 1 is 1.16 bits per heavy atom. The van der Waals surface area contributed by atoms with E-state index in [1.807, 2.05) is 51.1 Å². The molecule has 1 N–H and O–H groups in total. The van der Waals surface area contributed by atoms with Gasteiger partial charge in [0.2, 0.25) is 0 Å². The van der Waals surface area contributed by atoms with Crippen molar-refractivity contribution in [3.63, 3.8) is 0 Å². The van der Waals surface area contributed by atoms with Crippen LogP contribution in [-0.4, -0.2) is 41.8 Å². The van der Waals surface area contributed by atoms with Crippen molar-refractivity contribution in [3.8, 4) is 0 Å². The Morgan fingerprint density at radius 3 is 2.56 bits per heavy atom. The largest absolute Gasteiger partial charge is 0.445 e. The van der Waals surface area contributed by atoms with Gasteiger partial charge in [0.1, 0.15) is 12.2 Å². The number of carbonyl (C=O) groups excluding carboxylic acids is 2. The van der Waals surface area contributed by atoms with Gasteiger partial charge in [0.15, 0.2) is 0 Å². The van der Waals surface area contributed by atoms with E-state index in [1.54, 1.807) is 4.90 Å². The number of rotatable bonds is 3. The zero-order chi connectivity index (χ0) is 18.3. The monoisotopic (exact) mass is 348 g/mol. The summed E-state index contributed by atoms with van der Waals surface area (Å²) in [4.78, 5) is 25.8. The molecule has 1 aliphatic heterocycles. The molecule has 6 nitrogen and oxygen atoms in total. The first-order chi connectivity index (χ1) is 11.8. The van der Waals surface area contributed by atoms with E-state index in [2.05, 4.69) is 5.32 Å². The number of likely N-dealkylation sites (tertiary alicyclic amines) is 1. The normalized spacial score (nSPS) is 18.2. The maximum absolute atomic E-state index is 12.1. The molecule has 1 aromatic rings. The fourth-order valence-corrected chi connectivity index (χ4v) is 2.68. The number of hydrogen-bond acceptors (Lipinski definition) is 4. The highest BCUT2D eigenvalue weighted by Gasteiger charge is 2.25. The molecule has 0 bridgehead atoms. The van der Waals surface area contributed by atoms with Crippen LogP contribution in [0.5, 0.6) is 0 Å². The van der Waals surface area contributed by atoms with E-state index >= 15 is 0 Å². The predicted octanol–water partition coefficient (Wildman–Crippen LogP) is 3.70. The number of nitrogens with one attached hydrogen (secondary N) is 1. The van der Waals surface area contributed by atoms with Crippen molar-refractivity contribution in [2.45, 2.75) is 58.3 Å². The molecular formula is C19H28N2O4. The molecule has 1 aromatic carbocycles. The van der Waals surface area contributed by atoms with Gasteiger partial charge in [0.25, 0.3) is 0 Å². The summed E-state index contributed by atoms with van der Waals surface area (Å²) in [5.74, 6) is 0. The third kappa shape index (κ3) is 7.03. The van der Waals surface area contributed by atoms with Crippen molar-refractivity contribution in [3.05, 3.63) is 35.9 Å². The Morgan fingerprint density at radius 2 is 1.88 bits per heavy atom. The number of nitrogens with zero attached hydrogens (tertiary/aromatic N) is 1. The topological polar surface area (TPSA) is 67.9 Å². The Bertz CT molecular complexity index is 569.